The number of carbonyl (C=O) groups excluding carboxylic acids is 1. The van der Waals surface area contributed by atoms with Crippen LogP contribution in [0.2, 0.25) is 0 Å². The Morgan fingerprint density at radius 1 is 1.15 bits per heavy atom. The van der Waals surface area contributed by atoms with Crippen LogP contribution in [0.1, 0.15) is 51.9 Å². The number of aliphatic hydroxyl groups excluding tert-OH is 1. The minimum absolute atomic E-state index is 0.0632. The topological polar surface area (TPSA) is 40.5 Å². The Balaban J connectivity index is 1.63. The molecule has 2 atom stereocenters. The van der Waals surface area contributed by atoms with Gasteiger partial charge in [-0.25, -0.2) is 8.78 Å². The van der Waals surface area contributed by atoms with E-state index in [1.165, 1.54) is 12.1 Å². The molecule has 26 heavy (non-hydrogen) atoms. The molecular weight excluding hydrogens is 336 g/mol. The first-order valence-corrected chi connectivity index (χ1v) is 8.99. The molecule has 0 bridgehead atoms. The number of aliphatic hydroxyl groups is 1. The largest absolute Gasteiger partial charge is 0.391 e. The normalized spacial score (nSPS) is 22.2. The van der Waals surface area contributed by atoms with Gasteiger partial charge in [0.2, 0.25) is 0 Å². The van der Waals surface area contributed by atoms with Gasteiger partial charge in [-0.1, -0.05) is 12.1 Å². The monoisotopic (exact) mass is 357 g/mol. The van der Waals surface area contributed by atoms with Crippen LogP contribution >= 0.6 is 0 Å². The van der Waals surface area contributed by atoms with Crippen LogP contribution in [0.4, 0.5) is 8.78 Å². The summed E-state index contributed by atoms with van der Waals surface area (Å²) < 4.78 is 27.1. The van der Waals surface area contributed by atoms with Crippen molar-refractivity contribution in [2.45, 2.75) is 51.3 Å². The molecule has 0 aromatic heterocycles. The first-order chi connectivity index (χ1) is 12.4. The Morgan fingerprint density at radius 2 is 1.96 bits per heavy atom. The highest BCUT2D eigenvalue weighted by Crippen LogP contribution is 2.33. The van der Waals surface area contributed by atoms with Gasteiger partial charge in [0, 0.05) is 24.6 Å². The summed E-state index contributed by atoms with van der Waals surface area (Å²) in [4.78, 5) is 14.6. The second kappa shape index (κ2) is 6.47. The van der Waals surface area contributed by atoms with Crippen molar-refractivity contribution in [3.05, 3.63) is 69.8 Å². The van der Waals surface area contributed by atoms with E-state index in [9.17, 15) is 18.7 Å². The SMILES string of the molecule is Cc1cc2c(cc1Cc1ccc(F)cc1F)C(=O)N([C@H]1CCC[C@@H]1O)C2. The predicted octanol–water partition coefficient (Wildman–Crippen LogP) is 3.73. The Bertz CT molecular complexity index is 881. The maximum absolute atomic E-state index is 14.0. The van der Waals surface area contributed by atoms with Crippen LogP contribution in [-0.4, -0.2) is 28.1 Å². The zero-order valence-electron chi connectivity index (χ0n) is 14.6. The van der Waals surface area contributed by atoms with Crippen molar-refractivity contribution in [1.29, 1.82) is 0 Å². The van der Waals surface area contributed by atoms with E-state index < -0.39 is 17.7 Å². The standard InChI is InChI=1S/C21H21F2NO2/c1-12-7-15-11-24(19-3-2-4-20(19)25)21(26)17(15)9-14(12)8-13-5-6-16(22)10-18(13)23/h5-7,9-10,19-20,25H,2-4,8,11H2,1H3/t19-,20-/m0/s1. The molecule has 136 valence electrons. The van der Waals surface area contributed by atoms with Gasteiger partial charge in [0.15, 0.2) is 0 Å². The Kier molecular flexibility index (Phi) is 4.27. The first kappa shape index (κ1) is 17.2. The lowest BCUT2D eigenvalue weighted by molar-refractivity contribution is 0.0479. The molecule has 1 N–H and O–H groups in total. The van der Waals surface area contributed by atoms with Crippen LogP contribution in [0.15, 0.2) is 30.3 Å². The molecule has 1 aliphatic carbocycles. The van der Waals surface area contributed by atoms with Crippen molar-refractivity contribution in [2.75, 3.05) is 0 Å². The predicted molar refractivity (Wildman–Crippen MR) is 93.9 cm³/mol. The van der Waals surface area contributed by atoms with Gasteiger partial charge in [-0.15, -0.1) is 0 Å². The zero-order valence-corrected chi connectivity index (χ0v) is 14.6. The van der Waals surface area contributed by atoms with Crippen LogP contribution in [0.25, 0.3) is 0 Å². The van der Waals surface area contributed by atoms with Crippen molar-refractivity contribution >= 4 is 5.91 Å². The maximum Gasteiger partial charge on any atom is 0.254 e. The third kappa shape index (κ3) is 2.90. The van der Waals surface area contributed by atoms with E-state index in [1.807, 2.05) is 19.1 Å². The van der Waals surface area contributed by atoms with Crippen LogP contribution in [-0.2, 0) is 13.0 Å². The molecule has 3 nitrogen and oxygen atoms in total. The van der Waals surface area contributed by atoms with E-state index in [2.05, 4.69) is 0 Å². The van der Waals surface area contributed by atoms with Gasteiger partial charge in [0.25, 0.3) is 5.91 Å². The number of amides is 1. The minimum atomic E-state index is -0.599. The molecule has 5 heteroatoms. The number of benzene rings is 2. The molecule has 0 spiro atoms. The summed E-state index contributed by atoms with van der Waals surface area (Å²) in [7, 11) is 0. The summed E-state index contributed by atoms with van der Waals surface area (Å²) in [5.41, 5.74) is 3.83. The third-order valence-corrected chi connectivity index (χ3v) is 5.63. The minimum Gasteiger partial charge on any atom is -0.391 e. The Labute approximate surface area is 151 Å². The molecular formula is C21H21F2NO2. The van der Waals surface area contributed by atoms with Gasteiger partial charge in [-0.3, -0.25) is 4.79 Å². The first-order valence-electron chi connectivity index (χ1n) is 8.99. The summed E-state index contributed by atoms with van der Waals surface area (Å²) in [5.74, 6) is -1.24. The fraction of sp³-hybridized carbons (Fsp3) is 0.381. The van der Waals surface area contributed by atoms with Crippen LogP contribution in [0.3, 0.4) is 0 Å². The summed E-state index contributed by atoms with van der Waals surface area (Å²) in [6, 6.07) is 7.26. The number of aryl methyl sites for hydroxylation is 1. The highest BCUT2D eigenvalue weighted by molar-refractivity contribution is 5.99. The Hall–Kier alpha value is -2.27. The number of carbonyl (C=O) groups is 1. The van der Waals surface area contributed by atoms with Crippen molar-refractivity contribution in [3.8, 4) is 0 Å². The number of fused-ring (bicyclic) bond motifs is 1. The van der Waals surface area contributed by atoms with Gasteiger partial charge >= 0.3 is 0 Å². The van der Waals surface area contributed by atoms with Gasteiger partial charge in [0.1, 0.15) is 11.6 Å². The lowest BCUT2D eigenvalue weighted by Gasteiger charge is -2.26. The Morgan fingerprint density at radius 3 is 2.65 bits per heavy atom. The fourth-order valence-corrected chi connectivity index (χ4v) is 4.17. The lowest BCUT2D eigenvalue weighted by Crippen LogP contribution is -2.40. The zero-order chi connectivity index (χ0) is 18.4. The van der Waals surface area contributed by atoms with Crippen LogP contribution in [0, 0.1) is 18.6 Å². The quantitative estimate of drug-likeness (QED) is 0.909. The average Bonchev–Trinajstić information content (AvgIpc) is 3.14. The van der Waals surface area contributed by atoms with Gasteiger partial charge < -0.3 is 10.0 Å². The molecule has 4 rings (SSSR count). The molecule has 1 heterocycles. The third-order valence-electron chi connectivity index (χ3n) is 5.63. The number of nitrogens with zero attached hydrogens (tertiary/aromatic N) is 1. The molecule has 0 unspecified atom stereocenters. The molecule has 1 fully saturated rings. The van der Waals surface area contributed by atoms with Crippen molar-refractivity contribution < 1.29 is 18.7 Å². The van der Waals surface area contributed by atoms with Gasteiger partial charge in [0.05, 0.1) is 12.1 Å². The van der Waals surface area contributed by atoms with E-state index in [0.717, 1.165) is 42.0 Å². The van der Waals surface area contributed by atoms with E-state index in [0.29, 0.717) is 24.1 Å². The summed E-state index contributed by atoms with van der Waals surface area (Å²) in [6.07, 6.45) is 2.35. The van der Waals surface area contributed by atoms with Crippen molar-refractivity contribution in [3.63, 3.8) is 0 Å². The van der Waals surface area contributed by atoms with E-state index >= 15 is 0 Å². The molecule has 1 saturated carbocycles. The molecule has 1 aliphatic heterocycles. The lowest BCUT2D eigenvalue weighted by atomic mass is 9.95. The van der Waals surface area contributed by atoms with E-state index in [1.54, 1.807) is 4.90 Å². The maximum atomic E-state index is 14.0. The molecule has 0 radical (unpaired) electrons. The van der Waals surface area contributed by atoms with Gasteiger partial charge in [-0.05, 0) is 60.6 Å². The fourth-order valence-electron chi connectivity index (χ4n) is 4.17. The number of rotatable bonds is 3. The van der Waals surface area contributed by atoms with Crippen molar-refractivity contribution in [1.82, 2.24) is 4.90 Å². The number of hydrogen-bond acceptors (Lipinski definition) is 2. The van der Waals surface area contributed by atoms with Crippen molar-refractivity contribution in [2.24, 2.45) is 0 Å². The summed E-state index contributed by atoms with van der Waals surface area (Å²) in [6.45, 7) is 2.45. The number of halogens is 2. The van der Waals surface area contributed by atoms with Crippen LogP contribution < -0.4 is 0 Å². The van der Waals surface area contributed by atoms with E-state index in [4.69, 9.17) is 0 Å². The highest BCUT2D eigenvalue weighted by atomic mass is 19.1. The number of hydrogen-bond donors (Lipinski definition) is 1. The second-order valence-corrected chi connectivity index (χ2v) is 7.35. The molecule has 2 aromatic carbocycles. The summed E-state index contributed by atoms with van der Waals surface area (Å²) in [5, 5.41) is 10.1. The van der Waals surface area contributed by atoms with Crippen LogP contribution in [0.5, 0.6) is 0 Å². The molecule has 2 aliphatic rings. The van der Waals surface area contributed by atoms with Gasteiger partial charge in [-0.2, -0.15) is 0 Å². The smallest absolute Gasteiger partial charge is 0.254 e. The molecule has 2 aromatic rings. The highest BCUT2D eigenvalue weighted by Gasteiger charge is 2.38. The average molecular weight is 357 g/mol. The molecule has 0 saturated heterocycles. The summed E-state index contributed by atoms with van der Waals surface area (Å²) >= 11 is 0. The molecule has 1 amide bonds. The second-order valence-electron chi connectivity index (χ2n) is 7.35. The van der Waals surface area contributed by atoms with E-state index in [-0.39, 0.29) is 11.9 Å².